The van der Waals surface area contributed by atoms with E-state index in [1.54, 1.807) is 6.92 Å². The van der Waals surface area contributed by atoms with Gasteiger partial charge >= 0.3 is 5.97 Å². The minimum Gasteiger partial charge on any atom is -0.461 e. The van der Waals surface area contributed by atoms with Crippen LogP contribution in [0.25, 0.3) is 0 Å². The second kappa shape index (κ2) is 7.78. The zero-order valence-corrected chi connectivity index (χ0v) is 12.2. The van der Waals surface area contributed by atoms with E-state index in [0.29, 0.717) is 25.9 Å². The number of hydrogen-bond donors (Lipinski definition) is 1. The molecule has 0 spiro atoms. The fourth-order valence-electron chi connectivity index (χ4n) is 2.11. The van der Waals surface area contributed by atoms with Gasteiger partial charge in [-0.05, 0) is 18.4 Å². The highest BCUT2D eigenvalue weighted by molar-refractivity contribution is 5.75. The van der Waals surface area contributed by atoms with Gasteiger partial charge < -0.3 is 14.8 Å². The molecule has 5 nitrogen and oxygen atoms in total. The molecule has 0 radical (unpaired) electrons. The van der Waals surface area contributed by atoms with E-state index in [2.05, 4.69) is 5.32 Å². The van der Waals surface area contributed by atoms with Crippen LogP contribution in [0.3, 0.4) is 0 Å². The number of ether oxygens (including phenoxy) is 2. The lowest BCUT2D eigenvalue weighted by molar-refractivity contribution is -0.160. The predicted molar refractivity (Wildman–Crippen MR) is 77.1 cm³/mol. The number of esters is 1. The molecule has 0 unspecified atom stereocenters. The number of carbonyl (C=O) groups excluding carboxylic acids is 2. The standard InChI is InChI=1S/C16H21NO4/c1-2-15(18)17-11-21-14-8-13(9-14)16(19)20-10-12-6-4-3-5-7-12/h3-7,13-14H,2,8-11H2,1H3,(H,17,18)/t13-,14+. The third kappa shape index (κ3) is 4.86. The lowest BCUT2D eigenvalue weighted by Crippen LogP contribution is -2.39. The van der Waals surface area contributed by atoms with Crippen LogP contribution < -0.4 is 5.32 Å². The molecule has 1 aromatic carbocycles. The second-order valence-electron chi connectivity index (χ2n) is 5.15. The van der Waals surface area contributed by atoms with Crippen molar-refractivity contribution < 1.29 is 19.1 Å². The molecule has 0 heterocycles. The number of rotatable bonds is 7. The van der Waals surface area contributed by atoms with Crippen molar-refractivity contribution in [3.05, 3.63) is 35.9 Å². The monoisotopic (exact) mass is 291 g/mol. The Morgan fingerprint density at radius 2 is 1.95 bits per heavy atom. The zero-order chi connectivity index (χ0) is 15.1. The molecular formula is C16H21NO4. The molecule has 5 heteroatoms. The maximum atomic E-state index is 11.8. The summed E-state index contributed by atoms with van der Waals surface area (Å²) in [5, 5.41) is 2.64. The van der Waals surface area contributed by atoms with E-state index in [1.165, 1.54) is 0 Å². The van der Waals surface area contributed by atoms with Gasteiger partial charge in [-0.25, -0.2) is 0 Å². The molecule has 1 aromatic rings. The van der Waals surface area contributed by atoms with Crippen LogP contribution in [0.2, 0.25) is 0 Å². The molecule has 1 aliphatic carbocycles. The van der Waals surface area contributed by atoms with Crippen molar-refractivity contribution >= 4 is 11.9 Å². The summed E-state index contributed by atoms with van der Waals surface area (Å²) < 4.78 is 10.7. The van der Waals surface area contributed by atoms with Gasteiger partial charge in [-0.3, -0.25) is 9.59 Å². The number of carbonyl (C=O) groups is 2. The van der Waals surface area contributed by atoms with Crippen LogP contribution >= 0.6 is 0 Å². The SMILES string of the molecule is CCC(=O)NCO[C@H]1C[C@@H](C(=O)OCc2ccccc2)C1. The summed E-state index contributed by atoms with van der Waals surface area (Å²) in [5.41, 5.74) is 0.986. The summed E-state index contributed by atoms with van der Waals surface area (Å²) in [4.78, 5) is 22.9. The Morgan fingerprint density at radius 3 is 2.62 bits per heavy atom. The predicted octanol–water partition coefficient (Wildman–Crippen LogP) is 2.01. The van der Waals surface area contributed by atoms with Gasteiger partial charge in [-0.1, -0.05) is 37.3 Å². The minimum absolute atomic E-state index is 0.0341. The normalized spacial score (nSPS) is 20.4. The van der Waals surface area contributed by atoms with Gasteiger partial charge in [0.1, 0.15) is 13.3 Å². The number of amides is 1. The zero-order valence-electron chi connectivity index (χ0n) is 12.2. The van der Waals surface area contributed by atoms with Crippen LogP contribution in [0.5, 0.6) is 0 Å². The van der Waals surface area contributed by atoms with Gasteiger partial charge in [-0.15, -0.1) is 0 Å². The van der Waals surface area contributed by atoms with Gasteiger partial charge in [-0.2, -0.15) is 0 Å². The molecule has 1 fully saturated rings. The van der Waals surface area contributed by atoms with Gasteiger partial charge in [0.15, 0.2) is 0 Å². The lowest BCUT2D eigenvalue weighted by atomic mass is 9.82. The minimum atomic E-state index is -0.170. The van der Waals surface area contributed by atoms with Crippen molar-refractivity contribution in [2.24, 2.45) is 5.92 Å². The first-order valence-corrected chi connectivity index (χ1v) is 7.28. The summed E-state index contributed by atoms with van der Waals surface area (Å²) in [6, 6.07) is 9.62. The molecule has 1 saturated carbocycles. The molecule has 0 saturated heterocycles. The van der Waals surface area contributed by atoms with Crippen LogP contribution in [0.1, 0.15) is 31.7 Å². The maximum absolute atomic E-state index is 11.8. The van der Waals surface area contributed by atoms with E-state index in [9.17, 15) is 9.59 Å². The Hall–Kier alpha value is -1.88. The average Bonchev–Trinajstić information content (AvgIpc) is 2.47. The second-order valence-corrected chi connectivity index (χ2v) is 5.15. The largest absolute Gasteiger partial charge is 0.461 e. The summed E-state index contributed by atoms with van der Waals surface area (Å²) in [7, 11) is 0. The van der Waals surface area contributed by atoms with Gasteiger partial charge in [0.25, 0.3) is 0 Å². The van der Waals surface area contributed by atoms with Crippen molar-refractivity contribution in [1.82, 2.24) is 5.32 Å². The molecule has 0 bridgehead atoms. The van der Waals surface area contributed by atoms with Gasteiger partial charge in [0.2, 0.25) is 5.91 Å². The van der Waals surface area contributed by atoms with Crippen LogP contribution in [0, 0.1) is 5.92 Å². The van der Waals surface area contributed by atoms with Crippen LogP contribution in [0.15, 0.2) is 30.3 Å². The smallest absolute Gasteiger partial charge is 0.309 e. The number of nitrogens with one attached hydrogen (secondary N) is 1. The van der Waals surface area contributed by atoms with Crippen molar-refractivity contribution in [1.29, 1.82) is 0 Å². The highest BCUT2D eigenvalue weighted by atomic mass is 16.5. The molecular weight excluding hydrogens is 270 g/mol. The Morgan fingerprint density at radius 1 is 1.24 bits per heavy atom. The summed E-state index contributed by atoms with van der Waals surface area (Å²) >= 11 is 0. The molecule has 1 N–H and O–H groups in total. The Labute approximate surface area is 124 Å². The van der Waals surface area contributed by atoms with E-state index in [0.717, 1.165) is 5.56 Å². The van der Waals surface area contributed by atoms with Crippen molar-refractivity contribution in [3.63, 3.8) is 0 Å². The van der Waals surface area contributed by atoms with E-state index in [1.807, 2.05) is 30.3 Å². The van der Waals surface area contributed by atoms with Crippen LogP contribution in [-0.2, 0) is 25.7 Å². The number of benzene rings is 1. The molecule has 0 atom stereocenters. The molecule has 0 aromatic heterocycles. The van der Waals surface area contributed by atoms with E-state index in [4.69, 9.17) is 9.47 Å². The van der Waals surface area contributed by atoms with E-state index < -0.39 is 0 Å². The third-order valence-corrected chi connectivity index (χ3v) is 3.56. The van der Waals surface area contributed by atoms with Crippen molar-refractivity contribution in [3.8, 4) is 0 Å². The Bertz CT molecular complexity index is 468. The van der Waals surface area contributed by atoms with E-state index >= 15 is 0 Å². The number of hydrogen-bond acceptors (Lipinski definition) is 4. The fourth-order valence-corrected chi connectivity index (χ4v) is 2.11. The van der Waals surface area contributed by atoms with Gasteiger partial charge in [0.05, 0.1) is 12.0 Å². The third-order valence-electron chi connectivity index (χ3n) is 3.56. The highest BCUT2D eigenvalue weighted by Crippen LogP contribution is 2.31. The van der Waals surface area contributed by atoms with Crippen LogP contribution in [-0.4, -0.2) is 24.7 Å². The first-order valence-electron chi connectivity index (χ1n) is 7.28. The fraction of sp³-hybridized carbons (Fsp3) is 0.500. The van der Waals surface area contributed by atoms with Gasteiger partial charge in [0, 0.05) is 6.42 Å². The van der Waals surface area contributed by atoms with Crippen molar-refractivity contribution in [2.75, 3.05) is 6.73 Å². The summed E-state index contributed by atoms with van der Waals surface area (Å²) in [6.07, 6.45) is 1.81. The molecule has 1 amide bonds. The highest BCUT2D eigenvalue weighted by Gasteiger charge is 2.36. The molecule has 2 rings (SSSR count). The quantitative estimate of drug-likeness (QED) is 0.616. The lowest BCUT2D eigenvalue weighted by Gasteiger charge is -2.33. The topological polar surface area (TPSA) is 64.6 Å². The molecule has 114 valence electrons. The van der Waals surface area contributed by atoms with E-state index in [-0.39, 0.29) is 30.6 Å². The summed E-state index contributed by atoms with van der Waals surface area (Å²) in [6.45, 7) is 2.31. The van der Waals surface area contributed by atoms with Crippen LogP contribution in [0.4, 0.5) is 0 Å². The molecule has 0 aliphatic heterocycles. The first kappa shape index (κ1) is 15.5. The first-order chi connectivity index (χ1) is 10.2. The molecule has 1 aliphatic rings. The Kier molecular flexibility index (Phi) is 5.75. The van der Waals surface area contributed by atoms with Crippen molar-refractivity contribution in [2.45, 2.75) is 38.9 Å². The maximum Gasteiger partial charge on any atom is 0.309 e. The molecule has 21 heavy (non-hydrogen) atoms. The summed E-state index contributed by atoms with van der Waals surface area (Å²) in [5.74, 6) is -0.287. The Balaban J connectivity index is 1.58. The average molecular weight is 291 g/mol.